The zero-order valence-corrected chi connectivity index (χ0v) is 19.3. The summed E-state index contributed by atoms with van der Waals surface area (Å²) in [5, 5.41) is 0. The van der Waals surface area contributed by atoms with Crippen LogP contribution in [0.2, 0.25) is 0 Å². The van der Waals surface area contributed by atoms with Crippen LogP contribution in [0.5, 0.6) is 0 Å². The van der Waals surface area contributed by atoms with Crippen molar-refractivity contribution >= 4 is 33.6 Å². The third-order valence-corrected chi connectivity index (χ3v) is 5.69. The number of nitrogens with one attached hydrogen (secondary N) is 1. The standard InChI is InChI=1S/C22H25BrN2O5/c1-11-10-15(12(2)24-11)8-9-29-22(27)19-14(4)25-13(3)18(21(26)28-5)20(19)16-6-7-17(23)30-16/h6-7,10,18,20,24H,8-9H2,1-5H3. The van der Waals surface area contributed by atoms with Gasteiger partial charge in [0, 0.05) is 29.2 Å². The number of aliphatic imine (C=N–C) groups is 1. The predicted molar refractivity (Wildman–Crippen MR) is 115 cm³/mol. The fourth-order valence-electron chi connectivity index (χ4n) is 3.91. The Morgan fingerprint density at radius 2 is 1.97 bits per heavy atom. The molecule has 2 unspecified atom stereocenters. The number of esters is 2. The van der Waals surface area contributed by atoms with Crippen LogP contribution in [0.1, 0.15) is 42.5 Å². The van der Waals surface area contributed by atoms with Crippen molar-refractivity contribution in [2.24, 2.45) is 10.9 Å². The number of ether oxygens (including phenoxy) is 2. The first-order valence-corrected chi connectivity index (χ1v) is 10.4. The van der Waals surface area contributed by atoms with Gasteiger partial charge >= 0.3 is 11.9 Å². The Bertz CT molecular complexity index is 1030. The van der Waals surface area contributed by atoms with E-state index in [0.29, 0.717) is 33.8 Å². The molecule has 0 fully saturated rings. The number of nitrogens with zero attached hydrogens (tertiary/aromatic N) is 1. The Morgan fingerprint density at radius 3 is 2.53 bits per heavy atom. The summed E-state index contributed by atoms with van der Waals surface area (Å²) in [7, 11) is 1.31. The lowest BCUT2D eigenvalue weighted by Gasteiger charge is -2.29. The Hall–Kier alpha value is -2.61. The minimum absolute atomic E-state index is 0.216. The van der Waals surface area contributed by atoms with Crippen LogP contribution in [-0.4, -0.2) is 36.4 Å². The van der Waals surface area contributed by atoms with Crippen LogP contribution in [0, 0.1) is 19.8 Å². The van der Waals surface area contributed by atoms with E-state index in [-0.39, 0.29) is 6.61 Å². The molecule has 2 aromatic heterocycles. The van der Waals surface area contributed by atoms with Crippen molar-refractivity contribution in [2.75, 3.05) is 13.7 Å². The minimum atomic E-state index is -0.770. The zero-order chi connectivity index (χ0) is 22.0. The van der Waals surface area contributed by atoms with Gasteiger partial charge in [-0.3, -0.25) is 9.79 Å². The van der Waals surface area contributed by atoms with E-state index in [0.717, 1.165) is 17.0 Å². The van der Waals surface area contributed by atoms with Crippen LogP contribution in [0.25, 0.3) is 0 Å². The lowest BCUT2D eigenvalue weighted by Crippen LogP contribution is -2.36. The number of aryl methyl sites for hydroxylation is 2. The molecule has 0 amide bonds. The summed E-state index contributed by atoms with van der Waals surface area (Å²) in [5.41, 5.74) is 4.59. The van der Waals surface area contributed by atoms with E-state index >= 15 is 0 Å². The molecule has 160 valence electrons. The highest BCUT2D eigenvalue weighted by atomic mass is 79.9. The predicted octanol–water partition coefficient (Wildman–Crippen LogP) is 4.39. The van der Waals surface area contributed by atoms with Crippen molar-refractivity contribution in [3.8, 4) is 0 Å². The van der Waals surface area contributed by atoms with E-state index in [1.165, 1.54) is 7.11 Å². The number of halogens is 1. The number of aromatic nitrogens is 1. The van der Waals surface area contributed by atoms with E-state index in [1.807, 2.05) is 19.9 Å². The number of aromatic amines is 1. The van der Waals surface area contributed by atoms with Crippen LogP contribution in [0.15, 0.2) is 43.5 Å². The van der Waals surface area contributed by atoms with Gasteiger partial charge in [0.15, 0.2) is 4.67 Å². The molecule has 1 aliphatic heterocycles. The molecule has 30 heavy (non-hydrogen) atoms. The number of hydrogen-bond acceptors (Lipinski definition) is 6. The lowest BCUT2D eigenvalue weighted by molar-refractivity contribution is -0.144. The minimum Gasteiger partial charge on any atom is -0.468 e. The summed E-state index contributed by atoms with van der Waals surface area (Å²) in [5.74, 6) is -1.97. The van der Waals surface area contributed by atoms with E-state index in [1.54, 1.807) is 26.0 Å². The fraction of sp³-hybridized carbons (Fsp3) is 0.409. The second-order valence-corrected chi connectivity index (χ2v) is 8.14. The summed E-state index contributed by atoms with van der Waals surface area (Å²) in [6.07, 6.45) is 0.591. The van der Waals surface area contributed by atoms with Crippen molar-refractivity contribution in [3.05, 3.63) is 56.9 Å². The van der Waals surface area contributed by atoms with Crippen molar-refractivity contribution in [1.29, 1.82) is 0 Å². The maximum absolute atomic E-state index is 13.1. The van der Waals surface area contributed by atoms with Gasteiger partial charge in [0.25, 0.3) is 0 Å². The van der Waals surface area contributed by atoms with Crippen molar-refractivity contribution in [1.82, 2.24) is 4.98 Å². The Labute approximate surface area is 183 Å². The number of allylic oxidation sites excluding steroid dienone is 1. The molecule has 1 N–H and O–H groups in total. The molecule has 2 aromatic rings. The molecule has 0 bridgehead atoms. The molecule has 7 nitrogen and oxygen atoms in total. The Kier molecular flexibility index (Phi) is 6.65. The van der Waals surface area contributed by atoms with Gasteiger partial charge in [-0.05, 0) is 67.4 Å². The quantitative estimate of drug-likeness (QED) is 0.623. The first-order valence-electron chi connectivity index (χ1n) is 9.64. The molecule has 0 aliphatic carbocycles. The van der Waals surface area contributed by atoms with Crippen LogP contribution in [0.3, 0.4) is 0 Å². The number of carbonyl (C=O) groups is 2. The van der Waals surface area contributed by atoms with Crippen LogP contribution < -0.4 is 0 Å². The first kappa shape index (κ1) is 22.1. The largest absolute Gasteiger partial charge is 0.468 e. The molecule has 0 saturated heterocycles. The van der Waals surface area contributed by atoms with E-state index in [4.69, 9.17) is 13.9 Å². The second-order valence-electron chi connectivity index (χ2n) is 7.36. The summed E-state index contributed by atoms with van der Waals surface area (Å²) in [6.45, 7) is 7.67. The number of H-pyrrole nitrogens is 1. The van der Waals surface area contributed by atoms with Gasteiger partial charge in [-0.2, -0.15) is 0 Å². The average Bonchev–Trinajstić information content (AvgIpc) is 3.25. The van der Waals surface area contributed by atoms with Gasteiger partial charge in [-0.15, -0.1) is 0 Å². The van der Waals surface area contributed by atoms with Gasteiger partial charge in [0.1, 0.15) is 11.7 Å². The highest BCUT2D eigenvalue weighted by Crippen LogP contribution is 2.41. The summed E-state index contributed by atoms with van der Waals surface area (Å²) in [6, 6.07) is 5.49. The maximum atomic E-state index is 13.1. The third-order valence-electron chi connectivity index (χ3n) is 5.27. The molecular weight excluding hydrogens is 452 g/mol. The first-order chi connectivity index (χ1) is 14.2. The molecule has 1 aliphatic rings. The molecule has 0 aromatic carbocycles. The molecule has 3 rings (SSSR count). The second kappa shape index (κ2) is 9.04. The van der Waals surface area contributed by atoms with Crippen molar-refractivity contribution < 1.29 is 23.5 Å². The number of hydrogen-bond donors (Lipinski definition) is 1. The number of rotatable bonds is 6. The average molecular weight is 477 g/mol. The Balaban J connectivity index is 1.88. The summed E-state index contributed by atoms with van der Waals surface area (Å²) < 4.78 is 16.8. The summed E-state index contributed by atoms with van der Waals surface area (Å²) in [4.78, 5) is 33.3. The van der Waals surface area contributed by atoms with Crippen LogP contribution in [-0.2, 0) is 25.5 Å². The van der Waals surface area contributed by atoms with Crippen molar-refractivity contribution in [2.45, 2.75) is 40.0 Å². The maximum Gasteiger partial charge on any atom is 0.336 e. The topological polar surface area (TPSA) is 93.9 Å². The normalized spacial score (nSPS) is 18.9. The highest BCUT2D eigenvalue weighted by molar-refractivity contribution is 9.10. The molecule has 3 heterocycles. The number of methoxy groups -OCH3 is 1. The van der Waals surface area contributed by atoms with Gasteiger partial charge in [-0.1, -0.05) is 0 Å². The van der Waals surface area contributed by atoms with Gasteiger partial charge in [0.05, 0.1) is 25.2 Å². The molecule has 2 atom stereocenters. The van der Waals surface area contributed by atoms with Crippen LogP contribution >= 0.6 is 15.9 Å². The van der Waals surface area contributed by atoms with Gasteiger partial charge < -0.3 is 18.9 Å². The highest BCUT2D eigenvalue weighted by Gasteiger charge is 2.43. The van der Waals surface area contributed by atoms with Gasteiger partial charge in [-0.25, -0.2) is 4.79 Å². The SMILES string of the molecule is COC(=O)C1C(C)=NC(C)=C(C(=O)OCCc2cc(C)[nH]c2C)C1c1ccc(Br)o1. The summed E-state index contributed by atoms with van der Waals surface area (Å²) >= 11 is 3.29. The molecular formula is C22H25BrN2O5. The molecule has 0 spiro atoms. The smallest absolute Gasteiger partial charge is 0.336 e. The molecule has 8 heteroatoms. The van der Waals surface area contributed by atoms with Gasteiger partial charge in [0.2, 0.25) is 0 Å². The lowest BCUT2D eigenvalue weighted by atomic mass is 9.78. The Morgan fingerprint density at radius 1 is 1.23 bits per heavy atom. The molecule has 0 radical (unpaired) electrons. The zero-order valence-electron chi connectivity index (χ0n) is 17.7. The number of carbonyl (C=O) groups excluding carboxylic acids is 2. The van der Waals surface area contributed by atoms with E-state index < -0.39 is 23.8 Å². The molecule has 0 saturated carbocycles. The van der Waals surface area contributed by atoms with Crippen molar-refractivity contribution in [3.63, 3.8) is 0 Å². The van der Waals surface area contributed by atoms with Crippen LogP contribution in [0.4, 0.5) is 0 Å². The van der Waals surface area contributed by atoms with E-state index in [9.17, 15) is 9.59 Å². The fourth-order valence-corrected chi connectivity index (χ4v) is 4.23. The third kappa shape index (κ3) is 4.43. The number of furan rings is 1. The van der Waals surface area contributed by atoms with E-state index in [2.05, 4.69) is 25.9 Å². The monoisotopic (exact) mass is 476 g/mol.